The highest BCUT2D eigenvalue weighted by molar-refractivity contribution is 6.05. The van der Waals surface area contributed by atoms with Gasteiger partial charge in [0.05, 0.1) is 13.0 Å². The molecular formula is C25H37NO5. The average molecular weight is 432 g/mol. The third-order valence-corrected chi connectivity index (χ3v) is 9.37. The maximum absolute atomic E-state index is 12.7. The fourth-order valence-corrected chi connectivity index (χ4v) is 7.77. The van der Waals surface area contributed by atoms with Gasteiger partial charge in [0.2, 0.25) is 0 Å². The standard InChI is InChI=1S/C25H37NO5/c1-23(2,3)26-13-15-16-7-8-18(22(30)31-6)24(16,4)10-9-17(15)25(5)12-14(21(28)29)19(27)11-20(25)26/h11,14-18H,7-10,12-13H2,1-6H3,(H,28,29)/t14?,15-,16-,17-,18+,24-,25+/m0/s1. The van der Waals surface area contributed by atoms with Crippen LogP contribution in [0.2, 0.25) is 0 Å². The zero-order valence-electron chi connectivity index (χ0n) is 19.7. The minimum Gasteiger partial charge on any atom is -0.481 e. The van der Waals surface area contributed by atoms with Gasteiger partial charge in [0.25, 0.3) is 0 Å². The number of likely N-dealkylation sites (tertiary alicyclic amines) is 1. The second-order valence-electron chi connectivity index (χ2n) is 11.8. The first-order valence-corrected chi connectivity index (χ1v) is 11.7. The third-order valence-electron chi connectivity index (χ3n) is 9.37. The molecule has 0 aromatic carbocycles. The van der Waals surface area contributed by atoms with Gasteiger partial charge in [-0.1, -0.05) is 13.8 Å². The molecule has 6 nitrogen and oxygen atoms in total. The fourth-order valence-electron chi connectivity index (χ4n) is 7.77. The lowest BCUT2D eigenvalue weighted by atomic mass is 9.48. The van der Waals surface area contributed by atoms with Crippen LogP contribution in [-0.4, -0.2) is 46.9 Å². The van der Waals surface area contributed by atoms with Gasteiger partial charge in [0.15, 0.2) is 5.78 Å². The van der Waals surface area contributed by atoms with Crippen molar-refractivity contribution < 1.29 is 24.2 Å². The summed E-state index contributed by atoms with van der Waals surface area (Å²) in [5.74, 6) is -1.31. The van der Waals surface area contributed by atoms with E-state index in [1.165, 1.54) is 7.11 Å². The Kier molecular flexibility index (Phi) is 5.10. The van der Waals surface area contributed by atoms with Crippen LogP contribution in [0.15, 0.2) is 11.8 Å². The van der Waals surface area contributed by atoms with Crippen molar-refractivity contribution in [3.63, 3.8) is 0 Å². The Bertz CT molecular complexity index is 841. The lowest BCUT2D eigenvalue weighted by Crippen LogP contribution is -2.62. The predicted octanol–water partition coefficient (Wildman–Crippen LogP) is 3.90. The van der Waals surface area contributed by atoms with Crippen LogP contribution in [0, 0.1) is 40.4 Å². The van der Waals surface area contributed by atoms with Crippen molar-refractivity contribution in [2.24, 2.45) is 40.4 Å². The van der Waals surface area contributed by atoms with E-state index in [-0.39, 0.29) is 34.0 Å². The zero-order valence-corrected chi connectivity index (χ0v) is 19.7. The van der Waals surface area contributed by atoms with Crippen LogP contribution in [0.25, 0.3) is 0 Å². The number of carboxylic acids is 1. The van der Waals surface area contributed by atoms with Gasteiger partial charge in [0.1, 0.15) is 5.92 Å². The second-order valence-corrected chi connectivity index (χ2v) is 11.8. The molecule has 172 valence electrons. The molecule has 3 fully saturated rings. The van der Waals surface area contributed by atoms with Crippen molar-refractivity contribution in [1.82, 2.24) is 4.90 Å². The molecule has 2 saturated carbocycles. The van der Waals surface area contributed by atoms with Crippen LogP contribution in [0.4, 0.5) is 0 Å². The number of hydrogen-bond donors (Lipinski definition) is 1. The van der Waals surface area contributed by atoms with Crippen LogP contribution in [0.5, 0.6) is 0 Å². The first kappa shape index (κ1) is 22.3. The Morgan fingerprint density at radius 3 is 2.42 bits per heavy atom. The molecule has 7 atom stereocenters. The molecular weight excluding hydrogens is 394 g/mol. The van der Waals surface area contributed by atoms with Gasteiger partial charge in [-0.2, -0.15) is 0 Å². The number of allylic oxidation sites excluding steroid dienone is 2. The normalized spacial score (nSPS) is 42.3. The first-order chi connectivity index (χ1) is 14.3. The molecule has 4 rings (SSSR count). The summed E-state index contributed by atoms with van der Waals surface area (Å²) in [5, 5.41) is 9.73. The molecule has 6 heteroatoms. The van der Waals surface area contributed by atoms with E-state index in [2.05, 4.69) is 39.5 Å². The van der Waals surface area contributed by atoms with Crippen LogP contribution >= 0.6 is 0 Å². The van der Waals surface area contributed by atoms with E-state index in [1.54, 1.807) is 6.08 Å². The highest BCUT2D eigenvalue weighted by Gasteiger charge is 2.63. The van der Waals surface area contributed by atoms with Crippen molar-refractivity contribution in [3.8, 4) is 0 Å². The van der Waals surface area contributed by atoms with Crippen LogP contribution in [-0.2, 0) is 19.1 Å². The van der Waals surface area contributed by atoms with E-state index in [9.17, 15) is 19.5 Å². The van der Waals surface area contributed by atoms with E-state index in [1.807, 2.05) is 0 Å². The number of esters is 1. The Balaban J connectivity index is 1.78. The van der Waals surface area contributed by atoms with Crippen LogP contribution in [0.3, 0.4) is 0 Å². The van der Waals surface area contributed by atoms with Gasteiger partial charge < -0.3 is 14.7 Å². The lowest BCUT2D eigenvalue weighted by molar-refractivity contribution is -0.158. The Morgan fingerprint density at radius 1 is 1.16 bits per heavy atom. The quantitative estimate of drug-likeness (QED) is 0.527. The molecule has 0 aromatic heterocycles. The number of methoxy groups -OCH3 is 1. The number of hydrogen-bond acceptors (Lipinski definition) is 5. The number of carbonyl (C=O) groups is 3. The number of carboxylic acid groups (broad SMARTS) is 1. The largest absolute Gasteiger partial charge is 0.481 e. The Hall–Kier alpha value is -1.85. The van der Waals surface area contributed by atoms with E-state index in [0.29, 0.717) is 24.2 Å². The van der Waals surface area contributed by atoms with Crippen molar-refractivity contribution in [2.45, 2.75) is 72.3 Å². The van der Waals surface area contributed by atoms with Crippen molar-refractivity contribution in [3.05, 3.63) is 11.8 Å². The summed E-state index contributed by atoms with van der Waals surface area (Å²) in [7, 11) is 1.48. The molecule has 1 N–H and O–H groups in total. The minimum atomic E-state index is -1.02. The first-order valence-electron chi connectivity index (χ1n) is 11.7. The maximum atomic E-state index is 12.7. The van der Waals surface area contributed by atoms with Gasteiger partial charge in [0, 0.05) is 29.3 Å². The fraction of sp³-hybridized carbons (Fsp3) is 0.800. The molecule has 1 saturated heterocycles. The molecule has 3 aliphatic carbocycles. The molecule has 0 spiro atoms. The summed E-state index contributed by atoms with van der Waals surface area (Å²) in [6, 6.07) is 0. The van der Waals surface area contributed by atoms with E-state index in [4.69, 9.17) is 4.74 Å². The lowest BCUT2D eigenvalue weighted by Gasteiger charge is -2.63. The van der Waals surface area contributed by atoms with Gasteiger partial charge in [-0.3, -0.25) is 14.4 Å². The topological polar surface area (TPSA) is 83.9 Å². The van der Waals surface area contributed by atoms with Crippen LogP contribution in [0.1, 0.15) is 66.7 Å². The number of nitrogens with zero attached hydrogens (tertiary/aromatic N) is 1. The smallest absolute Gasteiger partial charge is 0.314 e. The molecule has 0 amide bonds. The van der Waals surface area contributed by atoms with Crippen molar-refractivity contribution in [2.75, 3.05) is 13.7 Å². The molecule has 0 radical (unpaired) electrons. The summed E-state index contributed by atoms with van der Waals surface area (Å²) in [5.41, 5.74) is 0.418. The Morgan fingerprint density at radius 2 is 1.84 bits per heavy atom. The minimum absolute atomic E-state index is 0.0593. The summed E-state index contributed by atoms with van der Waals surface area (Å²) < 4.78 is 5.16. The maximum Gasteiger partial charge on any atom is 0.314 e. The van der Waals surface area contributed by atoms with Crippen molar-refractivity contribution in [1.29, 1.82) is 0 Å². The Labute approximate surface area is 185 Å². The number of aliphatic carboxylic acids is 1. The number of fused-ring (bicyclic) bond motifs is 5. The highest BCUT2D eigenvalue weighted by atomic mass is 16.5. The predicted molar refractivity (Wildman–Crippen MR) is 116 cm³/mol. The van der Waals surface area contributed by atoms with Gasteiger partial charge in [-0.05, 0) is 76.0 Å². The molecule has 1 unspecified atom stereocenters. The van der Waals surface area contributed by atoms with Crippen molar-refractivity contribution >= 4 is 17.7 Å². The summed E-state index contributed by atoms with van der Waals surface area (Å²) in [4.78, 5) is 39.5. The highest BCUT2D eigenvalue weighted by Crippen LogP contribution is 2.66. The van der Waals surface area contributed by atoms with E-state index in [0.717, 1.165) is 37.9 Å². The summed E-state index contributed by atoms with van der Waals surface area (Å²) in [6.07, 6.45) is 5.78. The number of piperidine rings is 1. The van der Waals surface area contributed by atoms with E-state index >= 15 is 0 Å². The molecule has 0 bridgehead atoms. The number of ether oxygens (including phenoxy) is 1. The van der Waals surface area contributed by atoms with Gasteiger partial charge >= 0.3 is 11.9 Å². The molecule has 1 aliphatic heterocycles. The molecule has 4 aliphatic rings. The van der Waals surface area contributed by atoms with Gasteiger partial charge in [-0.15, -0.1) is 0 Å². The van der Waals surface area contributed by atoms with E-state index < -0.39 is 11.9 Å². The monoisotopic (exact) mass is 431 g/mol. The molecule has 1 heterocycles. The second kappa shape index (κ2) is 7.08. The number of carbonyl (C=O) groups excluding carboxylic acids is 2. The average Bonchev–Trinajstić information content (AvgIpc) is 3.03. The number of ketones is 1. The molecule has 31 heavy (non-hydrogen) atoms. The number of rotatable bonds is 2. The summed E-state index contributed by atoms with van der Waals surface area (Å²) >= 11 is 0. The van der Waals surface area contributed by atoms with Gasteiger partial charge in [-0.25, -0.2) is 0 Å². The van der Waals surface area contributed by atoms with Crippen LogP contribution < -0.4 is 0 Å². The zero-order chi connectivity index (χ0) is 22.9. The summed E-state index contributed by atoms with van der Waals surface area (Å²) in [6.45, 7) is 11.8. The molecule has 0 aromatic rings. The SMILES string of the molecule is COC(=O)[C@H]1CC[C@H]2[C@@H]3CN(C(C)(C)C)C4=CC(=O)C(C(=O)O)C[C@]4(C)[C@H]3CC[C@]12C. The third kappa shape index (κ3) is 3.15.